The van der Waals surface area contributed by atoms with E-state index in [-0.39, 0.29) is 5.60 Å². The van der Waals surface area contributed by atoms with Crippen molar-refractivity contribution in [2.75, 3.05) is 25.6 Å². The van der Waals surface area contributed by atoms with Crippen molar-refractivity contribution in [3.8, 4) is 5.75 Å². The molecule has 2 rings (SSSR count). The van der Waals surface area contributed by atoms with Gasteiger partial charge in [-0.2, -0.15) is 0 Å². The Kier molecular flexibility index (Phi) is 2.33. The molecule has 1 N–H and O–H groups in total. The molecular weight excluding hydrogens is 178 g/mol. The largest absolute Gasteiger partial charge is 0.497 e. The van der Waals surface area contributed by atoms with Gasteiger partial charge in [-0.3, -0.25) is 0 Å². The van der Waals surface area contributed by atoms with Gasteiger partial charge in [0, 0.05) is 18.3 Å². The molecule has 0 aromatic heterocycles. The van der Waals surface area contributed by atoms with Crippen LogP contribution in [0, 0.1) is 0 Å². The lowest BCUT2D eigenvalue weighted by atomic mass is 10.2. The topological polar surface area (TPSA) is 33.8 Å². The number of benzene rings is 1. The predicted octanol–water partition coefficient (Wildman–Crippen LogP) is 1.90. The van der Waals surface area contributed by atoms with E-state index >= 15 is 0 Å². The maximum atomic E-state index is 5.28. The molecule has 1 aromatic carbocycles. The second-order valence-corrected chi connectivity index (χ2v) is 3.82. The zero-order valence-corrected chi connectivity index (χ0v) is 8.54. The summed E-state index contributed by atoms with van der Waals surface area (Å²) in [5.74, 6) is 0.872. The van der Waals surface area contributed by atoms with Crippen LogP contribution in [0.25, 0.3) is 0 Å². The van der Waals surface area contributed by atoms with E-state index in [2.05, 4.69) is 12.2 Å². The third kappa shape index (κ3) is 2.17. The van der Waals surface area contributed by atoms with E-state index in [4.69, 9.17) is 9.47 Å². The highest BCUT2D eigenvalue weighted by Crippen LogP contribution is 2.26. The third-order valence-corrected chi connectivity index (χ3v) is 2.37. The van der Waals surface area contributed by atoms with Crippen molar-refractivity contribution >= 4 is 5.69 Å². The summed E-state index contributed by atoms with van der Waals surface area (Å²) in [7, 11) is 1.67. The summed E-state index contributed by atoms with van der Waals surface area (Å²) in [4.78, 5) is 0. The molecule has 1 fully saturated rings. The molecule has 0 spiro atoms. The van der Waals surface area contributed by atoms with Gasteiger partial charge >= 0.3 is 0 Å². The fourth-order valence-electron chi connectivity index (χ4n) is 1.25. The molecule has 1 saturated heterocycles. The first-order chi connectivity index (χ1) is 6.72. The summed E-state index contributed by atoms with van der Waals surface area (Å²) in [6.45, 7) is 3.80. The monoisotopic (exact) mass is 193 g/mol. The van der Waals surface area contributed by atoms with Gasteiger partial charge in [0.1, 0.15) is 11.4 Å². The van der Waals surface area contributed by atoms with Crippen LogP contribution in [0.2, 0.25) is 0 Å². The lowest BCUT2D eigenvalue weighted by molar-refractivity contribution is 0.335. The highest BCUT2D eigenvalue weighted by Gasteiger charge is 2.38. The Balaban J connectivity index is 1.94. The molecule has 1 aliphatic rings. The van der Waals surface area contributed by atoms with E-state index < -0.39 is 0 Å². The van der Waals surface area contributed by atoms with Gasteiger partial charge in [-0.15, -0.1) is 0 Å². The van der Waals surface area contributed by atoms with Crippen molar-refractivity contribution in [2.45, 2.75) is 12.5 Å². The number of methoxy groups -OCH3 is 1. The number of rotatable bonds is 4. The molecule has 14 heavy (non-hydrogen) atoms. The molecule has 0 amide bonds. The summed E-state index contributed by atoms with van der Waals surface area (Å²) in [5.41, 5.74) is 1.12. The quantitative estimate of drug-likeness (QED) is 0.741. The average molecular weight is 193 g/mol. The van der Waals surface area contributed by atoms with Crippen molar-refractivity contribution in [1.29, 1.82) is 0 Å². The molecule has 0 radical (unpaired) electrons. The third-order valence-electron chi connectivity index (χ3n) is 2.37. The average Bonchev–Trinajstić information content (AvgIpc) is 2.95. The van der Waals surface area contributed by atoms with Gasteiger partial charge in [0.05, 0.1) is 13.7 Å². The summed E-state index contributed by atoms with van der Waals surface area (Å²) >= 11 is 0. The first-order valence-electron chi connectivity index (χ1n) is 4.74. The van der Waals surface area contributed by atoms with Gasteiger partial charge in [-0.05, 0) is 19.1 Å². The Bertz CT molecular complexity index is 321. The van der Waals surface area contributed by atoms with Gasteiger partial charge in [0.15, 0.2) is 0 Å². The van der Waals surface area contributed by atoms with Gasteiger partial charge in [-0.25, -0.2) is 0 Å². The fourth-order valence-corrected chi connectivity index (χ4v) is 1.25. The Morgan fingerprint density at radius 3 is 3.00 bits per heavy atom. The van der Waals surface area contributed by atoms with Gasteiger partial charge < -0.3 is 14.8 Å². The second kappa shape index (κ2) is 3.50. The van der Waals surface area contributed by atoms with Crippen molar-refractivity contribution in [3.63, 3.8) is 0 Å². The van der Waals surface area contributed by atoms with Gasteiger partial charge in [0.25, 0.3) is 0 Å². The van der Waals surface area contributed by atoms with Crippen molar-refractivity contribution in [1.82, 2.24) is 0 Å². The minimum absolute atomic E-state index is 0.0447. The summed E-state index contributed by atoms with van der Waals surface area (Å²) in [6, 6.07) is 7.90. The van der Waals surface area contributed by atoms with Crippen LogP contribution in [-0.4, -0.2) is 25.9 Å². The Morgan fingerprint density at radius 2 is 2.36 bits per heavy atom. The number of hydrogen-bond acceptors (Lipinski definition) is 3. The Morgan fingerprint density at radius 1 is 1.57 bits per heavy atom. The normalized spacial score (nSPS) is 24.4. The fraction of sp³-hybridized carbons (Fsp3) is 0.455. The van der Waals surface area contributed by atoms with Crippen LogP contribution in [0.1, 0.15) is 6.92 Å². The second-order valence-electron chi connectivity index (χ2n) is 3.82. The number of anilines is 1. The summed E-state index contributed by atoms with van der Waals surface area (Å²) < 4.78 is 10.4. The highest BCUT2D eigenvalue weighted by molar-refractivity contribution is 5.48. The molecule has 1 heterocycles. The van der Waals surface area contributed by atoms with E-state index in [1.807, 2.05) is 24.3 Å². The standard InChI is InChI=1S/C11H15NO2/c1-11(8-14-11)7-12-9-4-3-5-10(6-9)13-2/h3-6,12H,7-8H2,1-2H3/t11-/m1/s1. The SMILES string of the molecule is COc1cccc(NC[C@]2(C)CO2)c1. The molecule has 1 aromatic rings. The summed E-state index contributed by atoms with van der Waals surface area (Å²) in [6.07, 6.45) is 0. The Hall–Kier alpha value is -1.22. The van der Waals surface area contributed by atoms with E-state index in [1.165, 1.54) is 0 Å². The number of hydrogen-bond donors (Lipinski definition) is 1. The molecule has 0 saturated carbocycles. The first-order valence-corrected chi connectivity index (χ1v) is 4.74. The first kappa shape index (κ1) is 9.34. The molecule has 0 unspecified atom stereocenters. The lowest BCUT2D eigenvalue weighted by Crippen LogP contribution is -2.19. The van der Waals surface area contributed by atoms with E-state index in [0.29, 0.717) is 0 Å². The molecular formula is C11H15NO2. The lowest BCUT2D eigenvalue weighted by Gasteiger charge is -2.09. The van der Waals surface area contributed by atoms with Crippen LogP contribution < -0.4 is 10.1 Å². The zero-order valence-electron chi connectivity index (χ0n) is 8.54. The van der Waals surface area contributed by atoms with Crippen molar-refractivity contribution in [2.24, 2.45) is 0 Å². The highest BCUT2D eigenvalue weighted by atomic mass is 16.6. The van der Waals surface area contributed by atoms with Crippen LogP contribution in [0.5, 0.6) is 5.75 Å². The van der Waals surface area contributed by atoms with Crippen LogP contribution >= 0.6 is 0 Å². The van der Waals surface area contributed by atoms with E-state index in [1.54, 1.807) is 7.11 Å². The molecule has 3 nitrogen and oxygen atoms in total. The molecule has 0 aliphatic carbocycles. The molecule has 0 bridgehead atoms. The van der Waals surface area contributed by atoms with Crippen LogP contribution in [0.3, 0.4) is 0 Å². The van der Waals surface area contributed by atoms with Crippen molar-refractivity contribution in [3.05, 3.63) is 24.3 Å². The minimum Gasteiger partial charge on any atom is -0.497 e. The summed E-state index contributed by atoms with van der Waals surface area (Å²) in [5, 5.41) is 3.32. The maximum Gasteiger partial charge on any atom is 0.120 e. The zero-order chi connectivity index (χ0) is 10.0. The molecule has 3 heteroatoms. The maximum absolute atomic E-state index is 5.28. The number of ether oxygens (including phenoxy) is 2. The number of nitrogens with one attached hydrogen (secondary N) is 1. The Labute approximate surface area is 84.0 Å². The minimum atomic E-state index is 0.0447. The van der Waals surface area contributed by atoms with Crippen LogP contribution in [0.15, 0.2) is 24.3 Å². The smallest absolute Gasteiger partial charge is 0.120 e. The molecule has 1 aliphatic heterocycles. The van der Waals surface area contributed by atoms with E-state index in [9.17, 15) is 0 Å². The van der Waals surface area contributed by atoms with Crippen LogP contribution in [-0.2, 0) is 4.74 Å². The predicted molar refractivity (Wildman–Crippen MR) is 55.8 cm³/mol. The molecule has 76 valence electrons. The number of epoxide rings is 1. The van der Waals surface area contributed by atoms with Gasteiger partial charge in [-0.1, -0.05) is 6.07 Å². The molecule has 1 atom stereocenters. The van der Waals surface area contributed by atoms with Gasteiger partial charge in [0.2, 0.25) is 0 Å². The van der Waals surface area contributed by atoms with E-state index in [0.717, 1.165) is 24.6 Å². The van der Waals surface area contributed by atoms with Crippen molar-refractivity contribution < 1.29 is 9.47 Å². The van der Waals surface area contributed by atoms with Crippen LogP contribution in [0.4, 0.5) is 5.69 Å².